The molecule has 0 radical (unpaired) electrons. The number of hydrogen-bond donors (Lipinski definition) is 3. The second-order valence-electron chi connectivity index (χ2n) is 5.90. The molecule has 26 heavy (non-hydrogen) atoms. The SMILES string of the molecule is O=C(N/C=C/c1ccccc1)C(C1=CSC2C=CC(Cl)=CC12)P(=O)(O)O. The van der Waals surface area contributed by atoms with Crippen molar-refractivity contribution >= 4 is 42.9 Å². The Kier molecular flexibility index (Phi) is 5.90. The van der Waals surface area contributed by atoms with Crippen molar-refractivity contribution in [1.82, 2.24) is 5.32 Å². The van der Waals surface area contributed by atoms with Crippen molar-refractivity contribution in [3.63, 3.8) is 0 Å². The molecule has 1 aromatic rings. The zero-order valence-electron chi connectivity index (χ0n) is 13.5. The van der Waals surface area contributed by atoms with E-state index in [1.165, 1.54) is 18.0 Å². The van der Waals surface area contributed by atoms with Crippen LogP contribution in [0.4, 0.5) is 0 Å². The summed E-state index contributed by atoms with van der Waals surface area (Å²) in [7, 11) is -4.70. The molecule has 0 aromatic heterocycles. The Morgan fingerprint density at radius 2 is 2.04 bits per heavy atom. The van der Waals surface area contributed by atoms with Crippen LogP contribution in [0.3, 0.4) is 0 Å². The van der Waals surface area contributed by atoms with Crippen molar-refractivity contribution in [2.75, 3.05) is 0 Å². The minimum absolute atomic E-state index is 0.00536. The highest BCUT2D eigenvalue weighted by Gasteiger charge is 2.45. The van der Waals surface area contributed by atoms with Crippen molar-refractivity contribution in [1.29, 1.82) is 0 Å². The van der Waals surface area contributed by atoms with E-state index in [2.05, 4.69) is 5.32 Å². The Labute approximate surface area is 160 Å². The van der Waals surface area contributed by atoms with E-state index in [1.807, 2.05) is 36.4 Å². The molecule has 1 aliphatic heterocycles. The summed E-state index contributed by atoms with van der Waals surface area (Å²) < 4.78 is 12.0. The first-order chi connectivity index (χ1) is 12.4. The lowest BCUT2D eigenvalue weighted by Gasteiger charge is -2.25. The predicted octanol–water partition coefficient (Wildman–Crippen LogP) is 3.63. The Balaban J connectivity index is 1.79. The zero-order valence-corrected chi connectivity index (χ0v) is 16.0. The molecule has 5 nitrogen and oxygen atoms in total. The molecule has 0 saturated carbocycles. The van der Waals surface area contributed by atoms with Gasteiger partial charge in [0.1, 0.15) is 0 Å². The van der Waals surface area contributed by atoms with Gasteiger partial charge in [-0.1, -0.05) is 54.1 Å². The maximum atomic E-state index is 12.5. The van der Waals surface area contributed by atoms with E-state index in [4.69, 9.17) is 11.6 Å². The molecule has 8 heteroatoms. The van der Waals surface area contributed by atoms with Gasteiger partial charge in [-0.3, -0.25) is 9.36 Å². The summed E-state index contributed by atoms with van der Waals surface area (Å²) in [6.45, 7) is 0. The van der Waals surface area contributed by atoms with E-state index in [1.54, 1.807) is 23.6 Å². The van der Waals surface area contributed by atoms with Crippen LogP contribution in [0.5, 0.6) is 0 Å². The van der Waals surface area contributed by atoms with Gasteiger partial charge in [-0.15, -0.1) is 11.8 Å². The van der Waals surface area contributed by atoms with Crippen molar-refractivity contribution in [3.8, 4) is 0 Å². The predicted molar refractivity (Wildman–Crippen MR) is 105 cm³/mol. The van der Waals surface area contributed by atoms with E-state index in [9.17, 15) is 19.1 Å². The topological polar surface area (TPSA) is 86.6 Å². The van der Waals surface area contributed by atoms with Crippen LogP contribution < -0.4 is 5.32 Å². The standard InChI is InChI=1S/C18H17ClNO4PS/c19-13-6-7-16-14(10-13)15(11-26-16)17(25(22,23)24)18(21)20-9-8-12-4-2-1-3-5-12/h1-11,14,16-17H,(H,20,21)(H2,22,23,24)/b9-8+. The van der Waals surface area contributed by atoms with Gasteiger partial charge in [-0.25, -0.2) is 0 Å². The third-order valence-electron chi connectivity index (χ3n) is 4.09. The highest BCUT2D eigenvalue weighted by molar-refractivity contribution is 8.03. The van der Waals surface area contributed by atoms with E-state index < -0.39 is 19.2 Å². The van der Waals surface area contributed by atoms with Crippen molar-refractivity contribution in [3.05, 3.63) is 76.3 Å². The third-order valence-corrected chi connectivity index (χ3v) is 6.72. The van der Waals surface area contributed by atoms with Crippen LogP contribution in [-0.4, -0.2) is 26.6 Å². The Bertz CT molecular complexity index is 859. The average molecular weight is 410 g/mol. The Hall–Kier alpha value is -1.56. The summed E-state index contributed by atoms with van der Waals surface area (Å²) in [6.07, 6.45) is 8.42. The van der Waals surface area contributed by atoms with Gasteiger partial charge in [0.25, 0.3) is 0 Å². The molecule has 3 rings (SSSR count). The second kappa shape index (κ2) is 7.99. The number of fused-ring (bicyclic) bond motifs is 1. The molecular formula is C18H17ClNO4PS. The van der Waals surface area contributed by atoms with E-state index in [0.29, 0.717) is 10.6 Å². The minimum Gasteiger partial charge on any atom is -0.332 e. The first-order valence-corrected chi connectivity index (χ1v) is 10.8. The van der Waals surface area contributed by atoms with Gasteiger partial charge in [0.2, 0.25) is 5.91 Å². The van der Waals surface area contributed by atoms with Crippen molar-refractivity contribution in [2.45, 2.75) is 10.9 Å². The molecule has 1 aromatic carbocycles. The van der Waals surface area contributed by atoms with Crippen LogP contribution in [0.2, 0.25) is 0 Å². The van der Waals surface area contributed by atoms with Crippen molar-refractivity contribution in [2.24, 2.45) is 5.92 Å². The number of nitrogens with one attached hydrogen (secondary N) is 1. The zero-order chi connectivity index (χ0) is 18.7. The van der Waals surface area contributed by atoms with Crippen LogP contribution in [0.15, 0.2) is 70.8 Å². The number of carbonyl (C=O) groups excluding carboxylic acids is 1. The Morgan fingerprint density at radius 1 is 1.31 bits per heavy atom. The molecule has 1 aliphatic carbocycles. The maximum Gasteiger partial charge on any atom is 0.342 e. The minimum atomic E-state index is -4.70. The normalized spacial score (nSPS) is 23.3. The van der Waals surface area contributed by atoms with Gasteiger partial charge in [-0.05, 0) is 28.7 Å². The number of carbonyl (C=O) groups is 1. The molecule has 136 valence electrons. The summed E-state index contributed by atoms with van der Waals surface area (Å²) in [4.78, 5) is 32.1. The fourth-order valence-electron chi connectivity index (χ4n) is 2.89. The second-order valence-corrected chi connectivity index (χ2v) is 9.08. The molecule has 0 fully saturated rings. The summed E-state index contributed by atoms with van der Waals surface area (Å²) in [5.74, 6) is -1.05. The van der Waals surface area contributed by atoms with Gasteiger partial charge in [0, 0.05) is 22.4 Å². The first-order valence-electron chi connectivity index (χ1n) is 7.84. The fourth-order valence-corrected chi connectivity index (χ4v) is 5.39. The summed E-state index contributed by atoms with van der Waals surface area (Å²) in [5, 5.41) is 4.64. The number of amides is 1. The number of benzene rings is 1. The van der Waals surface area contributed by atoms with Gasteiger partial charge in [0.05, 0.1) is 0 Å². The molecule has 0 spiro atoms. The van der Waals surface area contributed by atoms with Crippen LogP contribution in [0.25, 0.3) is 6.08 Å². The lowest BCUT2D eigenvalue weighted by atomic mass is 9.90. The van der Waals surface area contributed by atoms with Crippen molar-refractivity contribution < 1.29 is 19.1 Å². The van der Waals surface area contributed by atoms with E-state index in [0.717, 1.165) is 5.56 Å². The quantitative estimate of drug-likeness (QED) is 0.646. The molecule has 3 unspecified atom stereocenters. The molecule has 2 aliphatic rings. The molecule has 0 saturated heterocycles. The number of thioether (sulfide) groups is 1. The summed E-state index contributed by atoms with van der Waals surface area (Å²) >= 11 is 7.46. The molecule has 1 heterocycles. The highest BCUT2D eigenvalue weighted by Crippen LogP contribution is 2.52. The summed E-state index contributed by atoms with van der Waals surface area (Å²) in [6, 6.07) is 9.29. The van der Waals surface area contributed by atoms with E-state index in [-0.39, 0.29) is 11.2 Å². The molecule has 0 bridgehead atoms. The van der Waals surface area contributed by atoms with Crippen LogP contribution in [0.1, 0.15) is 5.56 Å². The molecular weight excluding hydrogens is 393 g/mol. The van der Waals surface area contributed by atoms with Gasteiger partial charge in [-0.2, -0.15) is 0 Å². The number of halogens is 1. The van der Waals surface area contributed by atoms with Crippen LogP contribution in [0, 0.1) is 5.92 Å². The highest BCUT2D eigenvalue weighted by atomic mass is 35.5. The molecule has 3 atom stereocenters. The number of allylic oxidation sites excluding steroid dienone is 3. The number of rotatable bonds is 5. The fraction of sp³-hybridized carbons (Fsp3) is 0.167. The van der Waals surface area contributed by atoms with Gasteiger partial charge in [0.15, 0.2) is 5.66 Å². The third kappa shape index (κ3) is 4.40. The van der Waals surface area contributed by atoms with Gasteiger partial charge < -0.3 is 15.1 Å². The number of hydrogen-bond acceptors (Lipinski definition) is 3. The average Bonchev–Trinajstić information content (AvgIpc) is 2.97. The van der Waals surface area contributed by atoms with Gasteiger partial charge >= 0.3 is 7.60 Å². The van der Waals surface area contributed by atoms with Crippen LogP contribution >= 0.6 is 31.0 Å². The molecule has 3 N–H and O–H groups in total. The lowest BCUT2D eigenvalue weighted by molar-refractivity contribution is -0.119. The Morgan fingerprint density at radius 3 is 2.73 bits per heavy atom. The van der Waals surface area contributed by atoms with E-state index >= 15 is 0 Å². The summed E-state index contributed by atoms with van der Waals surface area (Å²) in [5.41, 5.74) is -0.289. The van der Waals surface area contributed by atoms with Crippen LogP contribution in [-0.2, 0) is 9.36 Å². The lowest BCUT2D eigenvalue weighted by Crippen LogP contribution is -2.35. The molecule has 1 amide bonds. The maximum absolute atomic E-state index is 12.5. The monoisotopic (exact) mass is 409 g/mol. The smallest absolute Gasteiger partial charge is 0.332 e. The largest absolute Gasteiger partial charge is 0.342 e. The first kappa shape index (κ1) is 19.2.